The Bertz CT molecular complexity index is 176. The lowest BCUT2D eigenvalue weighted by Gasteiger charge is -2.18. The molecule has 0 aromatic carbocycles. The van der Waals surface area contributed by atoms with Gasteiger partial charge in [-0.1, -0.05) is 61.3 Å². The first-order chi connectivity index (χ1) is 10.1. The van der Waals surface area contributed by atoms with Crippen molar-refractivity contribution < 1.29 is 0 Å². The largest absolute Gasteiger partial charge is 0.316 e. The number of hydrogen-bond acceptors (Lipinski definition) is 2. The fourth-order valence-corrected chi connectivity index (χ4v) is 2.42. The third-order valence-corrected chi connectivity index (χ3v) is 4.11. The summed E-state index contributed by atoms with van der Waals surface area (Å²) in [5.41, 5.74) is 0. The highest BCUT2D eigenvalue weighted by atomic mass is 14.9. The molecule has 2 heteroatoms. The fourth-order valence-electron chi connectivity index (χ4n) is 2.42. The van der Waals surface area contributed by atoms with Gasteiger partial charge in [0, 0.05) is 6.04 Å². The zero-order chi connectivity index (χ0) is 16.5. The molecule has 130 valence electrons. The van der Waals surface area contributed by atoms with Crippen LogP contribution in [-0.4, -0.2) is 25.7 Å². The van der Waals surface area contributed by atoms with E-state index in [4.69, 9.17) is 0 Å². The van der Waals surface area contributed by atoms with E-state index in [-0.39, 0.29) is 0 Å². The van der Waals surface area contributed by atoms with Crippen LogP contribution in [0.2, 0.25) is 0 Å². The van der Waals surface area contributed by atoms with Crippen molar-refractivity contribution in [3.8, 4) is 0 Å². The van der Waals surface area contributed by atoms with Crippen molar-refractivity contribution in [1.82, 2.24) is 10.6 Å². The van der Waals surface area contributed by atoms with Crippen molar-refractivity contribution >= 4 is 0 Å². The van der Waals surface area contributed by atoms with E-state index in [0.29, 0.717) is 0 Å². The molecule has 0 aliphatic rings. The van der Waals surface area contributed by atoms with Gasteiger partial charge in [-0.25, -0.2) is 0 Å². The maximum atomic E-state index is 3.63. The highest BCUT2D eigenvalue weighted by Crippen LogP contribution is 2.14. The van der Waals surface area contributed by atoms with E-state index < -0.39 is 0 Å². The van der Waals surface area contributed by atoms with Gasteiger partial charge in [-0.05, 0) is 57.2 Å². The molecule has 1 atom stereocenters. The summed E-state index contributed by atoms with van der Waals surface area (Å²) in [7, 11) is 0. The molecular formula is C19H44N2. The summed E-state index contributed by atoms with van der Waals surface area (Å²) in [5.74, 6) is 1.72. The second kappa shape index (κ2) is 18.0. The van der Waals surface area contributed by atoms with Crippen LogP contribution in [0.15, 0.2) is 0 Å². The van der Waals surface area contributed by atoms with Crippen LogP contribution in [0.4, 0.5) is 0 Å². The molecular weight excluding hydrogens is 256 g/mol. The fraction of sp³-hybridized carbons (Fsp3) is 1.00. The molecule has 0 fully saturated rings. The van der Waals surface area contributed by atoms with Crippen LogP contribution in [0.25, 0.3) is 0 Å². The van der Waals surface area contributed by atoms with Crippen molar-refractivity contribution in [1.29, 1.82) is 0 Å². The first-order valence-corrected chi connectivity index (χ1v) is 9.57. The average Bonchev–Trinajstić information content (AvgIpc) is 2.51. The Balaban J connectivity index is 0. The zero-order valence-corrected chi connectivity index (χ0v) is 16.1. The van der Waals surface area contributed by atoms with E-state index in [1.807, 2.05) is 13.8 Å². The molecule has 0 spiro atoms. The normalized spacial score (nSPS) is 12.4. The Kier molecular flexibility index (Phi) is 19.8. The highest BCUT2D eigenvalue weighted by molar-refractivity contribution is 4.65. The Morgan fingerprint density at radius 2 is 1.43 bits per heavy atom. The minimum Gasteiger partial charge on any atom is -0.316 e. The minimum absolute atomic E-state index is 0.717. The second-order valence-corrected chi connectivity index (χ2v) is 6.27. The molecule has 0 bridgehead atoms. The quantitative estimate of drug-likeness (QED) is 0.455. The predicted octanol–water partition coefficient (Wildman–Crippen LogP) is 5.23. The van der Waals surface area contributed by atoms with Crippen molar-refractivity contribution in [2.45, 2.75) is 93.0 Å². The monoisotopic (exact) mass is 300 g/mol. The van der Waals surface area contributed by atoms with E-state index in [1.54, 1.807) is 0 Å². The molecule has 1 unspecified atom stereocenters. The van der Waals surface area contributed by atoms with Gasteiger partial charge in [0.25, 0.3) is 0 Å². The lowest BCUT2D eigenvalue weighted by atomic mass is 9.96. The van der Waals surface area contributed by atoms with E-state index in [2.05, 4.69) is 45.3 Å². The summed E-state index contributed by atoms with van der Waals surface area (Å²) in [6.45, 7) is 19.0. The van der Waals surface area contributed by atoms with Gasteiger partial charge in [0.15, 0.2) is 0 Å². The van der Waals surface area contributed by atoms with Gasteiger partial charge in [-0.3, -0.25) is 0 Å². The molecule has 0 aromatic rings. The average molecular weight is 301 g/mol. The number of rotatable bonds is 13. The van der Waals surface area contributed by atoms with Gasteiger partial charge in [0.05, 0.1) is 0 Å². The molecule has 0 radical (unpaired) electrons. The van der Waals surface area contributed by atoms with Gasteiger partial charge in [-0.2, -0.15) is 0 Å². The predicted molar refractivity (Wildman–Crippen MR) is 99.1 cm³/mol. The Morgan fingerprint density at radius 1 is 0.810 bits per heavy atom. The molecule has 21 heavy (non-hydrogen) atoms. The zero-order valence-electron chi connectivity index (χ0n) is 16.1. The SMILES string of the molecule is CC.CCC(CCC(C)C)CNCCCNC(CC)CC. The number of nitrogens with one attached hydrogen (secondary N) is 2. The van der Waals surface area contributed by atoms with Gasteiger partial charge >= 0.3 is 0 Å². The Labute approximate surface area is 135 Å². The summed E-state index contributed by atoms with van der Waals surface area (Å²) in [6, 6.07) is 0.717. The van der Waals surface area contributed by atoms with Crippen molar-refractivity contribution in [3.63, 3.8) is 0 Å². The van der Waals surface area contributed by atoms with E-state index >= 15 is 0 Å². The first-order valence-electron chi connectivity index (χ1n) is 9.57. The molecule has 0 aromatic heterocycles. The molecule has 0 aliphatic carbocycles. The van der Waals surface area contributed by atoms with Crippen LogP contribution in [-0.2, 0) is 0 Å². The molecule has 0 heterocycles. The molecule has 2 N–H and O–H groups in total. The van der Waals surface area contributed by atoms with Crippen LogP contribution >= 0.6 is 0 Å². The Morgan fingerprint density at radius 3 is 1.90 bits per heavy atom. The third-order valence-electron chi connectivity index (χ3n) is 4.11. The molecule has 2 nitrogen and oxygen atoms in total. The Hall–Kier alpha value is -0.0800. The number of hydrogen-bond donors (Lipinski definition) is 2. The minimum atomic E-state index is 0.717. The van der Waals surface area contributed by atoms with Gasteiger partial charge in [0.1, 0.15) is 0 Å². The van der Waals surface area contributed by atoms with E-state index in [1.165, 1.54) is 45.1 Å². The van der Waals surface area contributed by atoms with Gasteiger partial charge < -0.3 is 10.6 Å². The van der Waals surface area contributed by atoms with Crippen LogP contribution in [0.5, 0.6) is 0 Å². The molecule has 0 saturated heterocycles. The van der Waals surface area contributed by atoms with E-state index in [0.717, 1.165) is 31.0 Å². The summed E-state index contributed by atoms with van der Waals surface area (Å²) >= 11 is 0. The second-order valence-electron chi connectivity index (χ2n) is 6.27. The molecule has 0 amide bonds. The van der Waals surface area contributed by atoms with Gasteiger partial charge in [-0.15, -0.1) is 0 Å². The molecule has 0 saturated carbocycles. The van der Waals surface area contributed by atoms with Crippen LogP contribution in [0.1, 0.15) is 87.0 Å². The van der Waals surface area contributed by atoms with Gasteiger partial charge in [0.2, 0.25) is 0 Å². The molecule has 0 rings (SSSR count). The summed E-state index contributed by atoms with van der Waals surface area (Å²) in [6.07, 6.45) is 7.81. The standard InChI is InChI=1S/C17H38N2.C2H6/c1-6-16(11-10-15(4)5)14-18-12-9-13-19-17(7-2)8-3;1-2/h15-19H,6-14H2,1-5H3;1-2H3. The van der Waals surface area contributed by atoms with Crippen LogP contribution in [0.3, 0.4) is 0 Å². The lowest BCUT2D eigenvalue weighted by Crippen LogP contribution is -2.31. The molecule has 0 aliphatic heterocycles. The first kappa shape index (κ1) is 23.2. The van der Waals surface area contributed by atoms with E-state index in [9.17, 15) is 0 Å². The smallest absolute Gasteiger partial charge is 0.00618 e. The van der Waals surface area contributed by atoms with Crippen molar-refractivity contribution in [2.24, 2.45) is 11.8 Å². The maximum Gasteiger partial charge on any atom is 0.00618 e. The summed E-state index contributed by atoms with van der Waals surface area (Å²) in [5, 5.41) is 7.25. The topological polar surface area (TPSA) is 24.1 Å². The summed E-state index contributed by atoms with van der Waals surface area (Å²) in [4.78, 5) is 0. The van der Waals surface area contributed by atoms with Crippen molar-refractivity contribution in [3.05, 3.63) is 0 Å². The van der Waals surface area contributed by atoms with Crippen LogP contribution < -0.4 is 10.6 Å². The maximum absolute atomic E-state index is 3.63. The van der Waals surface area contributed by atoms with Crippen LogP contribution in [0, 0.1) is 11.8 Å². The third kappa shape index (κ3) is 16.1. The highest BCUT2D eigenvalue weighted by Gasteiger charge is 2.07. The van der Waals surface area contributed by atoms with Crippen molar-refractivity contribution in [2.75, 3.05) is 19.6 Å². The lowest BCUT2D eigenvalue weighted by molar-refractivity contribution is 0.387. The summed E-state index contributed by atoms with van der Waals surface area (Å²) < 4.78 is 0.